The lowest BCUT2D eigenvalue weighted by Gasteiger charge is -2.16. The fraction of sp³-hybridized carbons (Fsp3) is 0.333. The lowest BCUT2D eigenvalue weighted by atomic mass is 10.3. The van der Waals surface area contributed by atoms with E-state index in [9.17, 15) is 4.79 Å². The van der Waals surface area contributed by atoms with E-state index < -0.39 is 0 Å². The van der Waals surface area contributed by atoms with E-state index in [-0.39, 0.29) is 5.91 Å². The van der Waals surface area contributed by atoms with Gasteiger partial charge in [-0.3, -0.25) is 4.79 Å². The van der Waals surface area contributed by atoms with Gasteiger partial charge in [-0.1, -0.05) is 12.1 Å². The van der Waals surface area contributed by atoms with E-state index in [1.54, 1.807) is 26.0 Å². The lowest BCUT2D eigenvalue weighted by molar-refractivity contribution is -0.128. The number of methoxy groups -OCH3 is 1. The molecule has 1 amide bonds. The molecule has 0 N–H and O–H groups in total. The summed E-state index contributed by atoms with van der Waals surface area (Å²) in [5.41, 5.74) is 2.02. The minimum Gasteiger partial charge on any atom is -0.497 e. The number of aryl methyl sites for hydroxylation is 1. The highest BCUT2D eigenvalue weighted by Gasteiger charge is 2.13. The van der Waals surface area contributed by atoms with Gasteiger partial charge in [0.25, 0.3) is 0 Å². The van der Waals surface area contributed by atoms with Crippen LogP contribution in [-0.2, 0) is 17.9 Å². The summed E-state index contributed by atoms with van der Waals surface area (Å²) in [7, 11) is 3.44. The van der Waals surface area contributed by atoms with Gasteiger partial charge in [-0.15, -0.1) is 0 Å². The summed E-state index contributed by atoms with van der Waals surface area (Å²) in [4.78, 5) is 18.0. The second-order valence-corrected chi connectivity index (χ2v) is 6.42. The van der Waals surface area contributed by atoms with E-state index in [0.29, 0.717) is 13.2 Å². The molecule has 0 atom stereocenters. The normalized spacial score (nSPS) is 10.8. The number of imidazole rings is 1. The van der Waals surface area contributed by atoms with Crippen LogP contribution >= 0.6 is 0 Å². The monoisotopic (exact) mass is 367 g/mol. The zero-order valence-corrected chi connectivity index (χ0v) is 16.0. The molecule has 0 aliphatic carbocycles. The molecule has 3 aromatic rings. The van der Waals surface area contributed by atoms with Crippen LogP contribution in [0.15, 0.2) is 48.5 Å². The van der Waals surface area contributed by atoms with Crippen LogP contribution in [0.4, 0.5) is 0 Å². The third-order valence-electron chi connectivity index (χ3n) is 4.50. The van der Waals surface area contributed by atoms with E-state index in [1.807, 2.05) is 42.5 Å². The number of fused-ring (bicyclic) bond motifs is 1. The van der Waals surface area contributed by atoms with E-state index in [4.69, 9.17) is 14.5 Å². The molecule has 0 spiro atoms. The van der Waals surface area contributed by atoms with Crippen LogP contribution in [0, 0.1) is 0 Å². The second kappa shape index (κ2) is 8.58. The van der Waals surface area contributed by atoms with Crippen LogP contribution in [0.1, 0.15) is 19.2 Å². The highest BCUT2D eigenvalue weighted by Crippen LogP contribution is 2.19. The maximum absolute atomic E-state index is 11.6. The summed E-state index contributed by atoms with van der Waals surface area (Å²) in [5.74, 6) is 2.55. The fourth-order valence-corrected chi connectivity index (χ4v) is 2.90. The minimum absolute atomic E-state index is 0.0245. The summed E-state index contributed by atoms with van der Waals surface area (Å²) in [6.45, 7) is 3.43. The van der Waals surface area contributed by atoms with E-state index >= 15 is 0 Å². The molecular formula is C21H25N3O3. The van der Waals surface area contributed by atoms with Crippen molar-refractivity contribution in [3.63, 3.8) is 0 Å². The molecule has 0 fully saturated rings. The molecule has 27 heavy (non-hydrogen) atoms. The molecule has 1 aromatic heterocycles. The number of aromatic nitrogens is 2. The summed E-state index contributed by atoms with van der Waals surface area (Å²) in [5, 5.41) is 0. The standard InChI is InChI=1S/C21H25N3O3/c1-16(25)23(2)15-21-22-19-7-4-5-8-20(19)24(21)13-6-14-27-18-11-9-17(26-3)10-12-18/h4-5,7-12H,6,13-15H2,1-3H3. The molecule has 0 radical (unpaired) electrons. The van der Waals surface area contributed by atoms with Crippen LogP contribution < -0.4 is 9.47 Å². The number of amides is 1. The average molecular weight is 367 g/mol. The molecule has 1 heterocycles. The second-order valence-electron chi connectivity index (χ2n) is 6.42. The Morgan fingerprint density at radius 3 is 2.52 bits per heavy atom. The van der Waals surface area contributed by atoms with Gasteiger partial charge < -0.3 is 18.9 Å². The third kappa shape index (κ3) is 4.58. The smallest absolute Gasteiger partial charge is 0.219 e. The van der Waals surface area contributed by atoms with Crippen LogP contribution in [0.2, 0.25) is 0 Å². The number of benzene rings is 2. The average Bonchev–Trinajstić information content (AvgIpc) is 3.02. The molecule has 0 aliphatic rings. The Kier molecular flexibility index (Phi) is 5.96. The first-order valence-electron chi connectivity index (χ1n) is 9.01. The van der Waals surface area contributed by atoms with Gasteiger partial charge in [0, 0.05) is 20.5 Å². The van der Waals surface area contributed by atoms with Gasteiger partial charge in [0.15, 0.2) is 0 Å². The number of ether oxygens (including phenoxy) is 2. The molecule has 0 saturated heterocycles. The molecule has 6 heteroatoms. The molecule has 6 nitrogen and oxygen atoms in total. The summed E-state index contributed by atoms with van der Waals surface area (Å²) in [6.07, 6.45) is 0.836. The van der Waals surface area contributed by atoms with Crippen molar-refractivity contribution < 1.29 is 14.3 Å². The predicted molar refractivity (Wildman–Crippen MR) is 105 cm³/mol. The van der Waals surface area contributed by atoms with Gasteiger partial charge in [0.2, 0.25) is 5.91 Å². The van der Waals surface area contributed by atoms with Gasteiger partial charge in [-0.05, 0) is 42.8 Å². The van der Waals surface area contributed by atoms with Gasteiger partial charge in [0.05, 0.1) is 31.3 Å². The summed E-state index contributed by atoms with van der Waals surface area (Å²) >= 11 is 0. The summed E-state index contributed by atoms with van der Waals surface area (Å²) in [6, 6.07) is 15.6. The Morgan fingerprint density at radius 1 is 1.11 bits per heavy atom. The number of carbonyl (C=O) groups excluding carboxylic acids is 1. The Morgan fingerprint density at radius 2 is 1.81 bits per heavy atom. The van der Waals surface area contributed by atoms with Gasteiger partial charge in [0.1, 0.15) is 17.3 Å². The van der Waals surface area contributed by atoms with Crippen LogP contribution in [-0.4, -0.2) is 41.1 Å². The summed E-state index contributed by atoms with van der Waals surface area (Å²) < 4.78 is 13.1. The Labute approximate surface area is 159 Å². The van der Waals surface area contributed by atoms with Crippen molar-refractivity contribution in [3.05, 3.63) is 54.4 Å². The first kappa shape index (κ1) is 18.8. The van der Waals surface area contributed by atoms with Crippen molar-refractivity contribution in [2.75, 3.05) is 20.8 Å². The number of rotatable bonds is 8. The van der Waals surface area contributed by atoms with Crippen LogP contribution in [0.25, 0.3) is 11.0 Å². The largest absolute Gasteiger partial charge is 0.497 e. The van der Waals surface area contributed by atoms with Crippen molar-refractivity contribution in [2.45, 2.75) is 26.4 Å². The molecule has 0 bridgehead atoms. The molecule has 142 valence electrons. The molecule has 0 unspecified atom stereocenters. The molecular weight excluding hydrogens is 342 g/mol. The zero-order chi connectivity index (χ0) is 19.2. The SMILES string of the molecule is COc1ccc(OCCCn2c(CN(C)C(C)=O)nc3ccccc32)cc1. The van der Waals surface area contributed by atoms with Crippen molar-refractivity contribution in [1.82, 2.24) is 14.5 Å². The van der Waals surface area contributed by atoms with Crippen molar-refractivity contribution in [1.29, 1.82) is 0 Å². The van der Waals surface area contributed by atoms with Crippen molar-refractivity contribution >= 4 is 16.9 Å². The van der Waals surface area contributed by atoms with Crippen molar-refractivity contribution in [3.8, 4) is 11.5 Å². The van der Waals surface area contributed by atoms with Gasteiger partial charge >= 0.3 is 0 Å². The first-order valence-corrected chi connectivity index (χ1v) is 9.01. The fourth-order valence-electron chi connectivity index (χ4n) is 2.90. The van der Waals surface area contributed by atoms with Crippen LogP contribution in [0.5, 0.6) is 11.5 Å². The van der Waals surface area contributed by atoms with Gasteiger partial charge in [-0.25, -0.2) is 4.98 Å². The third-order valence-corrected chi connectivity index (χ3v) is 4.50. The van der Waals surface area contributed by atoms with E-state index in [2.05, 4.69) is 10.6 Å². The predicted octanol–water partition coefficient (Wildman–Crippen LogP) is 3.49. The number of hydrogen-bond acceptors (Lipinski definition) is 4. The lowest BCUT2D eigenvalue weighted by Crippen LogP contribution is -2.25. The van der Waals surface area contributed by atoms with Crippen LogP contribution in [0.3, 0.4) is 0 Å². The maximum Gasteiger partial charge on any atom is 0.219 e. The Balaban J connectivity index is 1.66. The molecule has 0 saturated carbocycles. The zero-order valence-electron chi connectivity index (χ0n) is 16.0. The Hall–Kier alpha value is -3.02. The quantitative estimate of drug-likeness (QED) is 0.572. The highest BCUT2D eigenvalue weighted by molar-refractivity contribution is 5.76. The maximum atomic E-state index is 11.6. The molecule has 2 aromatic carbocycles. The van der Waals surface area contributed by atoms with Crippen molar-refractivity contribution in [2.24, 2.45) is 0 Å². The van der Waals surface area contributed by atoms with Gasteiger partial charge in [-0.2, -0.15) is 0 Å². The number of carbonyl (C=O) groups is 1. The van der Waals surface area contributed by atoms with E-state index in [1.165, 1.54) is 0 Å². The minimum atomic E-state index is 0.0245. The first-order chi connectivity index (χ1) is 13.1. The highest BCUT2D eigenvalue weighted by atomic mass is 16.5. The topological polar surface area (TPSA) is 56.6 Å². The number of hydrogen-bond donors (Lipinski definition) is 0. The number of para-hydroxylation sites is 2. The number of nitrogens with zero attached hydrogens (tertiary/aromatic N) is 3. The molecule has 3 rings (SSSR count). The van der Waals surface area contributed by atoms with E-state index in [0.717, 1.165) is 41.3 Å². The molecule has 0 aliphatic heterocycles. The Bertz CT molecular complexity index is 903.